The zero-order valence-electron chi connectivity index (χ0n) is 16.9. The quantitative estimate of drug-likeness (QED) is 0.544. The van der Waals surface area contributed by atoms with Crippen LogP contribution in [0.4, 0.5) is 0 Å². The zero-order chi connectivity index (χ0) is 18.1. The van der Waals surface area contributed by atoms with Gasteiger partial charge in [-0.25, -0.2) is 0 Å². The molecule has 0 radical (unpaired) electrons. The van der Waals surface area contributed by atoms with Gasteiger partial charge in [0.25, 0.3) is 0 Å². The third-order valence-electron chi connectivity index (χ3n) is 3.21. The fraction of sp³-hybridized carbons (Fsp3) is 0.750. The maximum atomic E-state index is 11.9. The second kappa shape index (κ2) is 18.2. The number of ketones is 1. The average Bonchev–Trinajstić information content (AvgIpc) is 2.72. The highest BCUT2D eigenvalue weighted by Crippen LogP contribution is 2.26. The number of hydrogen-bond acceptors (Lipinski definition) is 2. The molecule has 2 nitrogen and oxygen atoms in total. The van der Waals surface area contributed by atoms with Crippen molar-refractivity contribution in [3.05, 3.63) is 23.3 Å². The Bertz CT molecular complexity index is 316. The number of allylic oxidation sites excluding steroid dienone is 2. The van der Waals surface area contributed by atoms with Crippen molar-refractivity contribution in [2.24, 2.45) is 0 Å². The number of carbonyl (C=O) groups is 1. The molecule has 1 saturated heterocycles. The van der Waals surface area contributed by atoms with Gasteiger partial charge in [0, 0.05) is 24.6 Å². The summed E-state index contributed by atoms with van der Waals surface area (Å²) in [6.07, 6.45) is 7.13. The smallest absolute Gasteiger partial charge is 0.164 e. The molecule has 2 heteroatoms. The van der Waals surface area contributed by atoms with E-state index in [1.54, 1.807) is 0 Å². The highest BCUT2D eigenvalue weighted by atomic mass is 16.1. The third kappa shape index (κ3) is 9.19. The zero-order valence-corrected chi connectivity index (χ0v) is 16.9. The van der Waals surface area contributed by atoms with Crippen LogP contribution in [0.25, 0.3) is 0 Å². The van der Waals surface area contributed by atoms with Crippen LogP contribution in [0.1, 0.15) is 81.6 Å². The van der Waals surface area contributed by atoms with Gasteiger partial charge in [0.05, 0.1) is 0 Å². The van der Waals surface area contributed by atoms with E-state index in [9.17, 15) is 4.79 Å². The predicted molar refractivity (Wildman–Crippen MR) is 103 cm³/mol. The van der Waals surface area contributed by atoms with Gasteiger partial charge in [-0.3, -0.25) is 9.69 Å². The van der Waals surface area contributed by atoms with Crippen molar-refractivity contribution in [1.29, 1.82) is 0 Å². The first-order valence-electron chi connectivity index (χ1n) is 9.31. The van der Waals surface area contributed by atoms with Crippen molar-refractivity contribution in [1.82, 2.24) is 4.90 Å². The Morgan fingerprint density at radius 1 is 0.909 bits per heavy atom. The summed E-state index contributed by atoms with van der Waals surface area (Å²) in [5.74, 6) is 0.327. The minimum Gasteiger partial charge on any atom is -0.299 e. The van der Waals surface area contributed by atoms with Gasteiger partial charge >= 0.3 is 0 Å². The van der Waals surface area contributed by atoms with E-state index in [-0.39, 0.29) is 0 Å². The molecule has 0 saturated carbocycles. The fourth-order valence-corrected chi connectivity index (χ4v) is 2.13. The molecule has 2 rings (SSSR count). The van der Waals surface area contributed by atoms with E-state index in [1.807, 2.05) is 55.4 Å². The lowest BCUT2D eigenvalue weighted by molar-refractivity contribution is -0.115. The Labute approximate surface area is 140 Å². The van der Waals surface area contributed by atoms with Crippen LogP contribution in [0.3, 0.4) is 0 Å². The van der Waals surface area contributed by atoms with E-state index in [0.717, 1.165) is 25.0 Å². The van der Waals surface area contributed by atoms with Crippen molar-refractivity contribution in [2.45, 2.75) is 87.6 Å². The molecule has 1 aliphatic heterocycles. The van der Waals surface area contributed by atoms with Gasteiger partial charge < -0.3 is 0 Å². The first-order valence-corrected chi connectivity index (χ1v) is 9.31. The van der Waals surface area contributed by atoms with Crippen LogP contribution >= 0.6 is 0 Å². The molecule has 1 heterocycles. The lowest BCUT2D eigenvalue weighted by atomic mass is 9.94. The summed E-state index contributed by atoms with van der Waals surface area (Å²) in [6, 6.07) is 0.370. The van der Waals surface area contributed by atoms with Crippen molar-refractivity contribution < 1.29 is 4.79 Å². The van der Waals surface area contributed by atoms with Crippen LogP contribution in [-0.4, -0.2) is 30.3 Å². The maximum Gasteiger partial charge on any atom is 0.164 e. The Balaban J connectivity index is -0.000000394. The maximum absolute atomic E-state index is 11.9. The molecule has 0 aromatic carbocycles. The molecule has 0 amide bonds. The third-order valence-corrected chi connectivity index (χ3v) is 3.21. The molecule has 132 valence electrons. The Hall–Kier alpha value is -0.890. The molecule has 0 aromatic rings. The first-order chi connectivity index (χ1) is 10.7. The minimum atomic E-state index is 0.327. The van der Waals surface area contributed by atoms with E-state index >= 15 is 0 Å². The van der Waals surface area contributed by atoms with Crippen molar-refractivity contribution in [2.75, 3.05) is 13.6 Å². The number of likely N-dealkylation sites (tertiary alicyclic amines) is 1. The standard InChI is InChI=1S/C12H17NO.4C2H6/c1-9-7-12(14)11-6-4-3-5-10(11)8-13(9)2;4*1-2/h5-6,9H,3-4,7-8H2,1-2H3;4*1-2H3/t9-;;;;/m1..../s1. The Morgan fingerprint density at radius 3 is 1.86 bits per heavy atom. The lowest BCUT2D eigenvalue weighted by Gasteiger charge is -2.21. The summed E-state index contributed by atoms with van der Waals surface area (Å²) in [5.41, 5.74) is 2.24. The van der Waals surface area contributed by atoms with Gasteiger partial charge in [-0.1, -0.05) is 67.5 Å². The van der Waals surface area contributed by atoms with Crippen LogP contribution in [0.5, 0.6) is 0 Å². The molecule has 1 atom stereocenters. The molecule has 0 bridgehead atoms. The lowest BCUT2D eigenvalue weighted by Crippen LogP contribution is -2.29. The number of rotatable bonds is 0. The molecule has 0 aromatic heterocycles. The van der Waals surface area contributed by atoms with E-state index in [0.29, 0.717) is 18.2 Å². The van der Waals surface area contributed by atoms with Gasteiger partial charge in [0.15, 0.2) is 5.78 Å². The van der Waals surface area contributed by atoms with E-state index in [4.69, 9.17) is 0 Å². The van der Waals surface area contributed by atoms with E-state index in [2.05, 4.69) is 31.0 Å². The Kier molecular flexibility index (Phi) is 21.5. The number of nitrogens with zero attached hydrogens (tertiary/aromatic N) is 1. The van der Waals surface area contributed by atoms with Crippen LogP contribution in [0, 0.1) is 0 Å². The number of hydrogen-bond donors (Lipinski definition) is 0. The second-order valence-electron chi connectivity index (χ2n) is 4.32. The van der Waals surface area contributed by atoms with Gasteiger partial charge in [-0.15, -0.1) is 0 Å². The summed E-state index contributed by atoms with van der Waals surface area (Å²) < 4.78 is 0. The van der Waals surface area contributed by atoms with Crippen LogP contribution in [0.15, 0.2) is 23.3 Å². The largest absolute Gasteiger partial charge is 0.299 e. The summed E-state index contributed by atoms with van der Waals surface area (Å²) in [7, 11) is 2.09. The number of likely N-dealkylation sites (N-methyl/N-ethyl adjacent to an activating group) is 1. The summed E-state index contributed by atoms with van der Waals surface area (Å²) in [4.78, 5) is 14.1. The minimum absolute atomic E-state index is 0.327. The molecule has 22 heavy (non-hydrogen) atoms. The second-order valence-corrected chi connectivity index (χ2v) is 4.32. The van der Waals surface area contributed by atoms with Crippen molar-refractivity contribution in [3.63, 3.8) is 0 Å². The van der Waals surface area contributed by atoms with Crippen molar-refractivity contribution in [3.8, 4) is 0 Å². The molecular formula is C20H41NO. The van der Waals surface area contributed by atoms with Crippen LogP contribution in [-0.2, 0) is 4.79 Å². The number of carbonyl (C=O) groups excluding carboxylic acids is 1. The van der Waals surface area contributed by atoms with Crippen LogP contribution < -0.4 is 0 Å². The molecule has 1 aliphatic carbocycles. The van der Waals surface area contributed by atoms with Gasteiger partial charge in [-0.05, 0) is 32.4 Å². The fourth-order valence-electron chi connectivity index (χ4n) is 2.13. The normalized spacial score (nSPS) is 19.5. The van der Waals surface area contributed by atoms with Crippen molar-refractivity contribution >= 4 is 5.78 Å². The first kappa shape index (κ1) is 26.0. The monoisotopic (exact) mass is 311 g/mol. The van der Waals surface area contributed by atoms with Crippen LogP contribution in [0.2, 0.25) is 0 Å². The summed E-state index contributed by atoms with van der Waals surface area (Å²) in [6.45, 7) is 19.1. The molecular weight excluding hydrogens is 270 g/mol. The highest BCUT2D eigenvalue weighted by molar-refractivity contribution is 6.00. The molecule has 0 spiro atoms. The predicted octanol–water partition coefficient (Wildman–Crippen LogP) is 6.03. The topological polar surface area (TPSA) is 20.3 Å². The molecule has 1 fully saturated rings. The molecule has 0 unspecified atom stereocenters. The van der Waals surface area contributed by atoms with Gasteiger partial charge in [0.1, 0.15) is 0 Å². The van der Waals surface area contributed by atoms with Gasteiger partial charge in [0.2, 0.25) is 0 Å². The molecule has 0 N–H and O–H groups in total. The number of fused-ring (bicyclic) bond motifs is 1. The SMILES string of the molecule is CC.CC.CC.CC.C[C@@H]1CC(=O)C2=CCCC=C2CN1C. The van der Waals surface area contributed by atoms with E-state index in [1.165, 1.54) is 5.57 Å². The van der Waals surface area contributed by atoms with Gasteiger partial charge in [-0.2, -0.15) is 0 Å². The highest BCUT2D eigenvalue weighted by Gasteiger charge is 2.25. The van der Waals surface area contributed by atoms with E-state index < -0.39 is 0 Å². The number of Topliss-reactive ketones (excluding diaryl/α,β-unsaturated/α-hetero) is 1. The summed E-state index contributed by atoms with van der Waals surface area (Å²) >= 11 is 0. The Morgan fingerprint density at radius 2 is 1.36 bits per heavy atom. The molecule has 2 aliphatic rings. The average molecular weight is 312 g/mol. The summed E-state index contributed by atoms with van der Waals surface area (Å²) in [5, 5.41) is 0.